The Labute approximate surface area is 210 Å². The Hall–Kier alpha value is -3.15. The fourth-order valence-corrected chi connectivity index (χ4v) is 5.84. The van der Waals surface area contributed by atoms with Gasteiger partial charge in [0.2, 0.25) is 0 Å². The zero-order valence-electron chi connectivity index (χ0n) is 19.3. The highest BCUT2D eigenvalue weighted by Gasteiger charge is 2.20. The Morgan fingerprint density at radius 3 is 2.89 bits per heavy atom. The molecule has 0 aliphatic carbocycles. The maximum absolute atomic E-state index is 14.2. The second-order valence-electron chi connectivity index (χ2n) is 8.60. The lowest BCUT2D eigenvalue weighted by Crippen LogP contribution is -2.29. The van der Waals surface area contributed by atoms with Gasteiger partial charge in [0, 0.05) is 29.7 Å². The molecule has 0 unspecified atom stereocenters. The van der Waals surface area contributed by atoms with Crippen molar-refractivity contribution in [2.45, 2.75) is 25.2 Å². The SMILES string of the molecule is CN1CCC(c2cc(F)cc(NC(=O)Nc3ncc(CCNc4ncnc5ccsc45)s3)c2)CC1. The smallest absolute Gasteiger partial charge is 0.325 e. The summed E-state index contributed by atoms with van der Waals surface area (Å²) in [5.74, 6) is 0.783. The highest BCUT2D eigenvalue weighted by Crippen LogP contribution is 2.30. The first-order valence-electron chi connectivity index (χ1n) is 11.5. The second kappa shape index (κ2) is 10.6. The molecule has 1 fully saturated rings. The molecule has 0 radical (unpaired) electrons. The number of piperidine rings is 1. The average Bonchev–Trinajstić information content (AvgIpc) is 3.49. The van der Waals surface area contributed by atoms with Gasteiger partial charge >= 0.3 is 6.03 Å². The Kier molecular flexibility index (Phi) is 7.16. The lowest BCUT2D eigenvalue weighted by atomic mass is 9.89. The van der Waals surface area contributed by atoms with Gasteiger partial charge in [0.05, 0.1) is 10.2 Å². The lowest BCUT2D eigenvalue weighted by Gasteiger charge is -2.29. The number of fused-ring (bicyclic) bond motifs is 1. The lowest BCUT2D eigenvalue weighted by molar-refractivity contribution is 0.255. The van der Waals surface area contributed by atoms with Crippen LogP contribution < -0.4 is 16.0 Å². The Morgan fingerprint density at radius 2 is 2.03 bits per heavy atom. The standard InChI is InChI=1S/C24H26FN7OS2/c1-32-7-3-15(4-8-32)16-10-17(25)12-18(11-16)30-23(33)31-24-27-13-19(35-24)2-6-26-22-21-20(5-9-34-21)28-14-29-22/h5,9-15H,2-4,6-8H2,1H3,(H,26,28,29)(H2,27,30,31,33). The number of likely N-dealkylation sites (tertiary alicyclic amines) is 1. The van der Waals surface area contributed by atoms with Crippen LogP contribution in [0.1, 0.15) is 29.2 Å². The van der Waals surface area contributed by atoms with Crippen LogP contribution in [0.5, 0.6) is 0 Å². The molecule has 0 bridgehead atoms. The number of amides is 2. The van der Waals surface area contributed by atoms with Crippen molar-refractivity contribution in [1.82, 2.24) is 19.9 Å². The summed E-state index contributed by atoms with van der Waals surface area (Å²) < 4.78 is 15.3. The fourth-order valence-electron chi connectivity index (χ4n) is 4.22. The zero-order valence-corrected chi connectivity index (χ0v) is 20.9. The number of hydrogen-bond acceptors (Lipinski definition) is 8. The van der Waals surface area contributed by atoms with E-state index >= 15 is 0 Å². The van der Waals surface area contributed by atoms with Crippen LogP contribution in [0.15, 0.2) is 42.2 Å². The Morgan fingerprint density at radius 1 is 1.17 bits per heavy atom. The summed E-state index contributed by atoms with van der Waals surface area (Å²) in [7, 11) is 2.10. The molecular weight excluding hydrogens is 485 g/mol. The number of benzene rings is 1. The number of rotatable bonds is 7. The van der Waals surface area contributed by atoms with Gasteiger partial charge in [0.1, 0.15) is 18.0 Å². The second-order valence-corrected chi connectivity index (χ2v) is 10.6. The normalized spacial score (nSPS) is 14.8. The van der Waals surface area contributed by atoms with Gasteiger partial charge in [-0.15, -0.1) is 22.7 Å². The molecule has 0 atom stereocenters. The number of thiazole rings is 1. The first kappa shape index (κ1) is 23.6. The van der Waals surface area contributed by atoms with E-state index in [0.717, 1.165) is 58.8 Å². The molecule has 4 heterocycles. The van der Waals surface area contributed by atoms with Gasteiger partial charge in [0.25, 0.3) is 0 Å². The number of nitrogens with zero attached hydrogens (tertiary/aromatic N) is 4. The summed E-state index contributed by atoms with van der Waals surface area (Å²) in [4.78, 5) is 28.7. The van der Waals surface area contributed by atoms with Crippen LogP contribution in [0, 0.1) is 5.82 Å². The molecule has 4 aromatic rings. The summed E-state index contributed by atoms with van der Waals surface area (Å²) in [6, 6.07) is 6.32. The Balaban J connectivity index is 1.14. The van der Waals surface area contributed by atoms with Gasteiger partial charge in [-0.05, 0) is 74.1 Å². The first-order chi connectivity index (χ1) is 17.0. The summed E-state index contributed by atoms with van der Waals surface area (Å²) in [6.45, 7) is 2.66. The molecule has 1 aliphatic heterocycles. The molecule has 2 amide bonds. The van der Waals surface area contributed by atoms with Crippen LogP contribution in [0.25, 0.3) is 10.2 Å². The molecule has 35 heavy (non-hydrogen) atoms. The van der Waals surface area contributed by atoms with Gasteiger partial charge in [-0.3, -0.25) is 5.32 Å². The van der Waals surface area contributed by atoms with Crippen molar-refractivity contribution in [2.24, 2.45) is 0 Å². The number of nitrogens with one attached hydrogen (secondary N) is 3. The minimum Gasteiger partial charge on any atom is -0.368 e. The topological polar surface area (TPSA) is 95.1 Å². The van der Waals surface area contributed by atoms with E-state index in [0.29, 0.717) is 23.3 Å². The number of carbonyl (C=O) groups excluding carboxylic acids is 1. The van der Waals surface area contributed by atoms with Crippen molar-refractivity contribution in [3.05, 3.63) is 58.4 Å². The van der Waals surface area contributed by atoms with Crippen molar-refractivity contribution in [3.8, 4) is 0 Å². The number of urea groups is 1. The number of aromatic nitrogens is 3. The van der Waals surface area contributed by atoms with E-state index in [1.165, 1.54) is 17.4 Å². The number of halogens is 1. The summed E-state index contributed by atoms with van der Waals surface area (Å²) in [5, 5.41) is 11.3. The predicted molar refractivity (Wildman–Crippen MR) is 140 cm³/mol. The molecule has 3 aromatic heterocycles. The highest BCUT2D eigenvalue weighted by molar-refractivity contribution is 7.17. The molecule has 11 heteroatoms. The van der Waals surface area contributed by atoms with E-state index in [1.54, 1.807) is 29.9 Å². The average molecular weight is 512 g/mol. The van der Waals surface area contributed by atoms with Gasteiger partial charge < -0.3 is 15.5 Å². The minimum atomic E-state index is -0.440. The third-order valence-corrected chi connectivity index (χ3v) is 7.93. The molecule has 5 rings (SSSR count). The number of hydrogen-bond donors (Lipinski definition) is 3. The van der Waals surface area contributed by atoms with Crippen molar-refractivity contribution >= 4 is 55.6 Å². The van der Waals surface area contributed by atoms with Crippen molar-refractivity contribution < 1.29 is 9.18 Å². The van der Waals surface area contributed by atoms with Crippen molar-refractivity contribution in [2.75, 3.05) is 42.6 Å². The summed E-state index contributed by atoms with van der Waals surface area (Å²) in [6.07, 6.45) is 6.01. The van der Waals surface area contributed by atoms with E-state index in [-0.39, 0.29) is 5.82 Å². The number of carbonyl (C=O) groups is 1. The van der Waals surface area contributed by atoms with Crippen LogP contribution in [-0.4, -0.2) is 52.6 Å². The third-order valence-electron chi connectivity index (χ3n) is 6.05. The quantitative estimate of drug-likeness (QED) is 0.308. The van der Waals surface area contributed by atoms with E-state index in [2.05, 4.69) is 42.8 Å². The predicted octanol–water partition coefficient (Wildman–Crippen LogP) is 5.39. The molecule has 0 spiro atoms. The molecule has 3 N–H and O–H groups in total. The molecule has 8 nitrogen and oxygen atoms in total. The maximum atomic E-state index is 14.2. The molecule has 1 aromatic carbocycles. The largest absolute Gasteiger partial charge is 0.368 e. The van der Waals surface area contributed by atoms with Gasteiger partial charge in [-0.25, -0.2) is 24.1 Å². The van der Waals surface area contributed by atoms with Crippen molar-refractivity contribution in [1.29, 1.82) is 0 Å². The van der Waals surface area contributed by atoms with E-state index < -0.39 is 6.03 Å². The summed E-state index contributed by atoms with van der Waals surface area (Å²) >= 11 is 3.01. The first-order valence-corrected chi connectivity index (χ1v) is 13.2. The van der Waals surface area contributed by atoms with Crippen LogP contribution in [-0.2, 0) is 6.42 Å². The third kappa shape index (κ3) is 5.92. The molecule has 1 aliphatic rings. The highest BCUT2D eigenvalue weighted by atomic mass is 32.1. The van der Waals surface area contributed by atoms with E-state index in [4.69, 9.17) is 0 Å². The monoisotopic (exact) mass is 511 g/mol. The van der Waals surface area contributed by atoms with E-state index in [1.807, 2.05) is 17.5 Å². The molecule has 0 saturated carbocycles. The van der Waals surface area contributed by atoms with Crippen LogP contribution in [0.4, 0.5) is 25.8 Å². The molecule has 182 valence electrons. The molecular formula is C24H26FN7OS2. The fraction of sp³-hybridized carbons (Fsp3) is 0.333. The number of anilines is 3. The molecule has 1 saturated heterocycles. The summed E-state index contributed by atoms with van der Waals surface area (Å²) in [5.41, 5.74) is 2.31. The van der Waals surface area contributed by atoms with Crippen molar-refractivity contribution in [3.63, 3.8) is 0 Å². The van der Waals surface area contributed by atoms with Crippen LogP contribution in [0.3, 0.4) is 0 Å². The Bertz CT molecular complexity index is 1320. The van der Waals surface area contributed by atoms with Gasteiger partial charge in [-0.1, -0.05) is 0 Å². The van der Waals surface area contributed by atoms with Gasteiger partial charge in [-0.2, -0.15) is 0 Å². The zero-order chi connectivity index (χ0) is 24.2. The van der Waals surface area contributed by atoms with Crippen LogP contribution in [0.2, 0.25) is 0 Å². The maximum Gasteiger partial charge on any atom is 0.325 e. The van der Waals surface area contributed by atoms with E-state index in [9.17, 15) is 9.18 Å². The minimum absolute atomic E-state index is 0.305. The van der Waals surface area contributed by atoms with Crippen LogP contribution >= 0.6 is 22.7 Å². The van der Waals surface area contributed by atoms with Gasteiger partial charge in [0.15, 0.2) is 5.13 Å². The number of thiophene rings is 1.